The summed E-state index contributed by atoms with van der Waals surface area (Å²) >= 11 is 0. The number of hydrogen-bond donors (Lipinski definition) is 0. The van der Waals surface area contributed by atoms with Crippen molar-refractivity contribution < 1.29 is 28.6 Å². The quantitative estimate of drug-likeness (QED) is 0.0261. The maximum absolute atomic E-state index is 12.8. The van der Waals surface area contributed by atoms with Gasteiger partial charge in [-0.1, -0.05) is 334 Å². The number of allylic oxidation sites excluding steroid dienone is 4. The molecule has 0 bridgehead atoms. The van der Waals surface area contributed by atoms with E-state index in [1.165, 1.54) is 270 Å². The van der Waals surface area contributed by atoms with Gasteiger partial charge in [0.25, 0.3) is 0 Å². The molecule has 1 atom stereocenters. The SMILES string of the molecule is CCCCC/C=C\C/C=C\CCCCCCCCCC(=O)OC(COC(=O)CCCCCCCC)COC(=O)CCCCCCCCCCCCCCCCCCCCCCCCCCCCCCCCCCCC. The van der Waals surface area contributed by atoms with E-state index in [-0.39, 0.29) is 31.1 Å². The minimum Gasteiger partial charge on any atom is -0.462 e. The van der Waals surface area contributed by atoms with E-state index in [0.717, 1.165) is 70.6 Å². The van der Waals surface area contributed by atoms with Gasteiger partial charge in [-0.25, -0.2) is 0 Å². The van der Waals surface area contributed by atoms with Gasteiger partial charge in [-0.05, 0) is 51.4 Å². The fourth-order valence-corrected chi connectivity index (χ4v) is 10.4. The molecule has 1 unspecified atom stereocenters. The van der Waals surface area contributed by atoms with Crippen LogP contribution in [0.4, 0.5) is 0 Å². The first-order valence-electron chi connectivity index (χ1n) is 33.8. The van der Waals surface area contributed by atoms with Crippen molar-refractivity contribution in [2.45, 2.75) is 386 Å². The van der Waals surface area contributed by atoms with Crippen molar-refractivity contribution in [2.24, 2.45) is 0 Å². The molecule has 442 valence electrons. The predicted octanol–water partition coefficient (Wildman–Crippen LogP) is 23.0. The summed E-state index contributed by atoms with van der Waals surface area (Å²) in [5.74, 6) is -0.866. The Bertz CT molecular complexity index is 1210. The van der Waals surface area contributed by atoms with E-state index in [0.29, 0.717) is 19.3 Å². The number of esters is 3. The molecular weight excluding hydrogens is 925 g/mol. The second-order valence-electron chi connectivity index (χ2n) is 23.1. The summed E-state index contributed by atoms with van der Waals surface area (Å²) in [6, 6.07) is 0. The highest BCUT2D eigenvalue weighted by Crippen LogP contribution is 2.19. The van der Waals surface area contributed by atoms with Gasteiger partial charge in [0.2, 0.25) is 0 Å². The van der Waals surface area contributed by atoms with Crippen molar-refractivity contribution in [1.29, 1.82) is 0 Å². The van der Waals surface area contributed by atoms with E-state index in [4.69, 9.17) is 14.2 Å². The molecule has 6 nitrogen and oxygen atoms in total. The van der Waals surface area contributed by atoms with E-state index in [2.05, 4.69) is 45.1 Å². The summed E-state index contributed by atoms with van der Waals surface area (Å²) in [6.07, 6.45) is 78.3. The minimum absolute atomic E-state index is 0.0700. The normalized spacial score (nSPS) is 12.1. The van der Waals surface area contributed by atoms with Crippen LogP contribution in [0.25, 0.3) is 0 Å². The molecule has 0 aromatic rings. The smallest absolute Gasteiger partial charge is 0.306 e. The second kappa shape index (κ2) is 64.4. The summed E-state index contributed by atoms with van der Waals surface area (Å²) in [6.45, 7) is 6.61. The Balaban J connectivity index is 3.89. The summed E-state index contributed by atoms with van der Waals surface area (Å²) in [4.78, 5) is 38.0. The highest BCUT2D eigenvalue weighted by Gasteiger charge is 2.19. The summed E-state index contributed by atoms with van der Waals surface area (Å²) in [5.41, 5.74) is 0. The molecule has 6 heteroatoms. The zero-order valence-electron chi connectivity index (χ0n) is 50.8. The Morgan fingerprint density at radius 3 is 0.760 bits per heavy atom. The maximum Gasteiger partial charge on any atom is 0.306 e. The molecule has 0 N–H and O–H groups in total. The molecule has 0 amide bonds. The van der Waals surface area contributed by atoms with Crippen molar-refractivity contribution in [1.82, 2.24) is 0 Å². The standard InChI is InChI=1S/C69H130O6/c1-4-7-10-13-16-18-20-22-24-26-27-28-29-30-31-32-33-34-35-36-37-38-39-40-41-42-44-45-47-49-51-53-56-59-62-68(71)74-65-66(64-73-67(70)61-58-55-15-12-9-6-3)75-69(72)63-60-57-54-52-50-48-46-43-25-23-21-19-17-14-11-8-5-2/h17,19,23,25,66H,4-16,18,20-22,24,26-65H2,1-3H3/b19-17-,25-23-. The van der Waals surface area contributed by atoms with Gasteiger partial charge in [0.05, 0.1) is 0 Å². The Morgan fingerprint density at radius 1 is 0.267 bits per heavy atom. The molecule has 75 heavy (non-hydrogen) atoms. The predicted molar refractivity (Wildman–Crippen MR) is 326 cm³/mol. The van der Waals surface area contributed by atoms with Crippen LogP contribution in [0.3, 0.4) is 0 Å². The fraction of sp³-hybridized carbons (Fsp3) is 0.899. The Kier molecular flexibility index (Phi) is 62.6. The zero-order chi connectivity index (χ0) is 54.3. The molecule has 0 heterocycles. The Hall–Kier alpha value is -2.11. The first-order valence-corrected chi connectivity index (χ1v) is 33.8. The average molecular weight is 1060 g/mol. The average Bonchev–Trinajstić information content (AvgIpc) is 3.41. The van der Waals surface area contributed by atoms with Crippen LogP contribution in [-0.4, -0.2) is 37.2 Å². The van der Waals surface area contributed by atoms with E-state index in [9.17, 15) is 14.4 Å². The number of hydrogen-bond acceptors (Lipinski definition) is 6. The number of unbranched alkanes of at least 4 members (excludes halogenated alkanes) is 48. The molecule has 0 saturated heterocycles. The molecule has 0 rings (SSSR count). The van der Waals surface area contributed by atoms with E-state index in [1.807, 2.05) is 0 Å². The van der Waals surface area contributed by atoms with E-state index >= 15 is 0 Å². The molecule has 0 spiro atoms. The van der Waals surface area contributed by atoms with Crippen molar-refractivity contribution in [3.63, 3.8) is 0 Å². The van der Waals surface area contributed by atoms with Crippen LogP contribution in [-0.2, 0) is 28.6 Å². The van der Waals surface area contributed by atoms with Gasteiger partial charge >= 0.3 is 17.9 Å². The van der Waals surface area contributed by atoms with Crippen molar-refractivity contribution in [3.8, 4) is 0 Å². The van der Waals surface area contributed by atoms with Crippen LogP contribution in [0.15, 0.2) is 24.3 Å². The Labute approximate surface area is 468 Å². The first-order chi connectivity index (χ1) is 37.0. The second-order valence-corrected chi connectivity index (χ2v) is 23.1. The molecule has 0 aromatic heterocycles. The topological polar surface area (TPSA) is 78.9 Å². The van der Waals surface area contributed by atoms with Crippen LogP contribution in [0, 0.1) is 0 Å². The number of carbonyl (C=O) groups is 3. The highest BCUT2D eigenvalue weighted by molar-refractivity contribution is 5.71. The molecule has 0 saturated carbocycles. The van der Waals surface area contributed by atoms with Gasteiger partial charge in [0.1, 0.15) is 13.2 Å². The number of ether oxygens (including phenoxy) is 3. The van der Waals surface area contributed by atoms with E-state index < -0.39 is 6.10 Å². The number of carbonyl (C=O) groups excluding carboxylic acids is 3. The lowest BCUT2D eigenvalue weighted by molar-refractivity contribution is -0.167. The summed E-state index contributed by atoms with van der Waals surface area (Å²) in [7, 11) is 0. The summed E-state index contributed by atoms with van der Waals surface area (Å²) < 4.78 is 16.8. The number of rotatable bonds is 63. The third-order valence-corrected chi connectivity index (χ3v) is 15.5. The van der Waals surface area contributed by atoms with Gasteiger partial charge in [0, 0.05) is 19.3 Å². The molecule has 0 aliphatic rings. The lowest BCUT2D eigenvalue weighted by Gasteiger charge is -2.18. The third kappa shape index (κ3) is 62.6. The molecule has 0 aromatic carbocycles. The fourth-order valence-electron chi connectivity index (χ4n) is 10.4. The molecular formula is C69H130O6. The van der Waals surface area contributed by atoms with E-state index in [1.54, 1.807) is 0 Å². The van der Waals surface area contributed by atoms with Crippen LogP contribution >= 0.6 is 0 Å². The highest BCUT2D eigenvalue weighted by atomic mass is 16.6. The largest absolute Gasteiger partial charge is 0.462 e. The van der Waals surface area contributed by atoms with Crippen molar-refractivity contribution in [2.75, 3.05) is 13.2 Å². The van der Waals surface area contributed by atoms with Crippen LogP contribution in [0.1, 0.15) is 380 Å². The van der Waals surface area contributed by atoms with Gasteiger partial charge in [-0.15, -0.1) is 0 Å². The third-order valence-electron chi connectivity index (χ3n) is 15.5. The van der Waals surface area contributed by atoms with Crippen LogP contribution < -0.4 is 0 Å². The molecule has 0 radical (unpaired) electrons. The lowest BCUT2D eigenvalue weighted by atomic mass is 10.0. The summed E-state index contributed by atoms with van der Waals surface area (Å²) in [5, 5.41) is 0. The minimum atomic E-state index is -0.770. The Morgan fingerprint density at radius 2 is 0.480 bits per heavy atom. The molecule has 0 aliphatic carbocycles. The molecule has 0 fully saturated rings. The maximum atomic E-state index is 12.8. The zero-order valence-corrected chi connectivity index (χ0v) is 50.8. The van der Waals surface area contributed by atoms with Gasteiger partial charge < -0.3 is 14.2 Å². The lowest BCUT2D eigenvalue weighted by Crippen LogP contribution is -2.30. The van der Waals surface area contributed by atoms with Gasteiger partial charge in [-0.3, -0.25) is 14.4 Å². The van der Waals surface area contributed by atoms with Crippen LogP contribution in [0.2, 0.25) is 0 Å². The van der Waals surface area contributed by atoms with Gasteiger partial charge in [-0.2, -0.15) is 0 Å². The van der Waals surface area contributed by atoms with Crippen molar-refractivity contribution in [3.05, 3.63) is 24.3 Å². The molecule has 0 aliphatic heterocycles. The van der Waals surface area contributed by atoms with Crippen LogP contribution in [0.5, 0.6) is 0 Å². The monoisotopic (exact) mass is 1050 g/mol. The van der Waals surface area contributed by atoms with Crippen molar-refractivity contribution >= 4 is 17.9 Å². The first kappa shape index (κ1) is 72.9. The van der Waals surface area contributed by atoms with Gasteiger partial charge in [0.15, 0.2) is 6.10 Å².